The van der Waals surface area contributed by atoms with Crippen molar-refractivity contribution in [1.82, 2.24) is 0 Å². The Morgan fingerprint density at radius 2 is 2.00 bits per heavy atom. The van der Waals surface area contributed by atoms with Crippen molar-refractivity contribution in [3.8, 4) is 0 Å². The molecule has 2 N–H and O–H groups in total. The van der Waals surface area contributed by atoms with E-state index in [1.54, 1.807) is 0 Å². The lowest BCUT2D eigenvalue weighted by Gasteiger charge is -2.15. The monoisotopic (exact) mass is 273 g/mol. The molecule has 0 radical (unpaired) electrons. The highest BCUT2D eigenvalue weighted by Crippen LogP contribution is 2.27. The summed E-state index contributed by atoms with van der Waals surface area (Å²) in [5.41, 5.74) is 5.98. The topological polar surface area (TPSA) is 26.0 Å². The van der Waals surface area contributed by atoms with E-state index >= 15 is 0 Å². The summed E-state index contributed by atoms with van der Waals surface area (Å²) in [6.45, 7) is 4.32. The molecule has 0 saturated carbocycles. The first-order valence-electron chi connectivity index (χ1n) is 4.74. The summed E-state index contributed by atoms with van der Waals surface area (Å²) in [7, 11) is 0. The Hall–Kier alpha value is 0.01000. The number of benzene rings is 1. The molecule has 1 nitrogen and oxygen atoms in total. The summed E-state index contributed by atoms with van der Waals surface area (Å²) < 4.78 is 1.15. The van der Waals surface area contributed by atoms with Crippen LogP contribution in [0, 0.1) is 5.92 Å². The van der Waals surface area contributed by atoms with Crippen molar-refractivity contribution in [3.05, 3.63) is 28.7 Å². The van der Waals surface area contributed by atoms with Gasteiger partial charge in [-0.25, -0.2) is 0 Å². The molecule has 0 amide bonds. The molecular weight excluding hydrogens is 258 g/mol. The van der Waals surface area contributed by atoms with Gasteiger partial charge in [0, 0.05) is 21.2 Å². The Morgan fingerprint density at radius 1 is 1.36 bits per heavy atom. The Bertz CT molecular complexity index is 288. The van der Waals surface area contributed by atoms with Crippen molar-refractivity contribution in [2.24, 2.45) is 11.7 Å². The largest absolute Gasteiger partial charge is 0.327 e. The number of hydrogen-bond donors (Lipinski definition) is 1. The van der Waals surface area contributed by atoms with E-state index in [9.17, 15) is 0 Å². The van der Waals surface area contributed by atoms with Crippen LogP contribution < -0.4 is 5.73 Å². The summed E-state index contributed by atoms with van der Waals surface area (Å²) >= 11 is 5.33. The van der Waals surface area contributed by atoms with Crippen LogP contribution in [0.25, 0.3) is 0 Å². The molecule has 0 spiro atoms. The molecule has 1 aromatic carbocycles. The molecular formula is C11H16BrNS. The van der Waals surface area contributed by atoms with E-state index in [0.29, 0.717) is 5.92 Å². The first-order chi connectivity index (χ1) is 6.61. The first-order valence-corrected chi connectivity index (χ1v) is 6.52. The molecule has 1 atom stereocenters. The second kappa shape index (κ2) is 5.79. The maximum Gasteiger partial charge on any atom is 0.0311 e. The van der Waals surface area contributed by atoms with Gasteiger partial charge in [-0.05, 0) is 34.0 Å². The molecule has 1 unspecified atom stereocenters. The second-order valence-electron chi connectivity index (χ2n) is 3.65. The van der Waals surface area contributed by atoms with Gasteiger partial charge in [-0.1, -0.05) is 26.0 Å². The van der Waals surface area contributed by atoms with Crippen LogP contribution >= 0.6 is 27.7 Å². The van der Waals surface area contributed by atoms with Gasteiger partial charge in [-0.3, -0.25) is 0 Å². The minimum Gasteiger partial charge on any atom is -0.327 e. The van der Waals surface area contributed by atoms with Crippen molar-refractivity contribution >= 4 is 27.7 Å². The summed E-state index contributed by atoms with van der Waals surface area (Å²) in [4.78, 5) is 1.27. The van der Waals surface area contributed by atoms with E-state index in [4.69, 9.17) is 5.73 Å². The third-order valence-corrected chi connectivity index (χ3v) is 4.30. The van der Waals surface area contributed by atoms with E-state index in [0.717, 1.165) is 10.2 Å². The van der Waals surface area contributed by atoms with Crippen LogP contribution in [0.4, 0.5) is 0 Å². The minimum atomic E-state index is 0.270. The summed E-state index contributed by atoms with van der Waals surface area (Å²) in [5.74, 6) is 1.52. The molecule has 14 heavy (non-hydrogen) atoms. The molecule has 0 aliphatic carbocycles. The van der Waals surface area contributed by atoms with E-state index in [1.807, 2.05) is 23.9 Å². The molecule has 0 aliphatic rings. The number of thioether (sulfide) groups is 1. The van der Waals surface area contributed by atoms with Crippen LogP contribution in [0.15, 0.2) is 33.6 Å². The third kappa shape index (κ3) is 3.64. The zero-order chi connectivity index (χ0) is 10.6. The van der Waals surface area contributed by atoms with Gasteiger partial charge in [0.05, 0.1) is 0 Å². The van der Waals surface area contributed by atoms with Crippen molar-refractivity contribution in [2.45, 2.75) is 24.8 Å². The van der Waals surface area contributed by atoms with E-state index in [2.05, 4.69) is 41.9 Å². The van der Waals surface area contributed by atoms with Gasteiger partial charge in [0.2, 0.25) is 0 Å². The van der Waals surface area contributed by atoms with Crippen molar-refractivity contribution < 1.29 is 0 Å². The molecule has 0 saturated heterocycles. The SMILES string of the molecule is CC(C)C(N)CSc1ccccc1Br. The average molecular weight is 274 g/mol. The molecule has 0 heterocycles. The number of rotatable bonds is 4. The van der Waals surface area contributed by atoms with Gasteiger partial charge in [0.1, 0.15) is 0 Å². The lowest BCUT2D eigenvalue weighted by atomic mass is 10.1. The van der Waals surface area contributed by atoms with E-state index < -0.39 is 0 Å². The molecule has 3 heteroatoms. The Labute approximate surface area is 98.6 Å². The zero-order valence-electron chi connectivity index (χ0n) is 8.53. The van der Waals surface area contributed by atoms with Crippen LogP contribution in [-0.2, 0) is 0 Å². The fraction of sp³-hybridized carbons (Fsp3) is 0.455. The van der Waals surface area contributed by atoms with Crippen LogP contribution in [0.3, 0.4) is 0 Å². The molecule has 78 valence electrons. The van der Waals surface area contributed by atoms with Crippen molar-refractivity contribution in [3.63, 3.8) is 0 Å². The maximum absolute atomic E-state index is 5.98. The molecule has 0 fully saturated rings. The normalized spacial score (nSPS) is 13.2. The highest BCUT2D eigenvalue weighted by atomic mass is 79.9. The molecule has 1 rings (SSSR count). The van der Waals surface area contributed by atoms with Crippen LogP contribution in [-0.4, -0.2) is 11.8 Å². The minimum absolute atomic E-state index is 0.270. The van der Waals surface area contributed by atoms with E-state index in [-0.39, 0.29) is 6.04 Å². The van der Waals surface area contributed by atoms with Gasteiger partial charge in [0.25, 0.3) is 0 Å². The Morgan fingerprint density at radius 3 is 2.57 bits per heavy atom. The average Bonchev–Trinajstić information content (AvgIpc) is 2.16. The predicted octanol–water partition coefficient (Wildman–Crippen LogP) is 3.52. The number of halogens is 1. The highest BCUT2D eigenvalue weighted by molar-refractivity contribution is 9.10. The van der Waals surface area contributed by atoms with Crippen molar-refractivity contribution in [2.75, 3.05) is 5.75 Å². The summed E-state index contributed by atoms with van der Waals surface area (Å²) in [6, 6.07) is 8.52. The van der Waals surface area contributed by atoms with Crippen LogP contribution in [0.2, 0.25) is 0 Å². The van der Waals surface area contributed by atoms with Gasteiger partial charge in [-0.2, -0.15) is 0 Å². The smallest absolute Gasteiger partial charge is 0.0311 e. The maximum atomic E-state index is 5.98. The molecule has 0 bridgehead atoms. The fourth-order valence-corrected chi connectivity index (χ4v) is 2.71. The molecule has 1 aromatic rings. The second-order valence-corrected chi connectivity index (χ2v) is 5.57. The fourth-order valence-electron chi connectivity index (χ4n) is 0.940. The predicted molar refractivity (Wildman–Crippen MR) is 67.7 cm³/mol. The van der Waals surface area contributed by atoms with E-state index in [1.165, 1.54) is 4.90 Å². The number of hydrogen-bond acceptors (Lipinski definition) is 2. The Kier molecular flexibility index (Phi) is 4.99. The quantitative estimate of drug-likeness (QED) is 0.850. The zero-order valence-corrected chi connectivity index (χ0v) is 10.9. The van der Waals surface area contributed by atoms with Crippen LogP contribution in [0.1, 0.15) is 13.8 Å². The number of nitrogens with two attached hydrogens (primary N) is 1. The van der Waals surface area contributed by atoms with Crippen LogP contribution in [0.5, 0.6) is 0 Å². The lowest BCUT2D eigenvalue weighted by molar-refractivity contribution is 0.535. The summed E-state index contributed by atoms with van der Waals surface area (Å²) in [6.07, 6.45) is 0. The Balaban J connectivity index is 2.50. The summed E-state index contributed by atoms with van der Waals surface area (Å²) in [5, 5.41) is 0. The highest BCUT2D eigenvalue weighted by Gasteiger charge is 2.08. The van der Waals surface area contributed by atoms with Crippen molar-refractivity contribution in [1.29, 1.82) is 0 Å². The van der Waals surface area contributed by atoms with Gasteiger partial charge < -0.3 is 5.73 Å². The van der Waals surface area contributed by atoms with Gasteiger partial charge in [0.15, 0.2) is 0 Å². The molecule has 0 aliphatic heterocycles. The molecule has 0 aromatic heterocycles. The third-order valence-electron chi connectivity index (χ3n) is 2.12. The first kappa shape index (κ1) is 12.1. The lowest BCUT2D eigenvalue weighted by Crippen LogP contribution is -2.28. The van der Waals surface area contributed by atoms with Gasteiger partial charge in [-0.15, -0.1) is 11.8 Å². The standard InChI is InChI=1S/C11H16BrNS/c1-8(2)10(13)7-14-11-6-4-3-5-9(11)12/h3-6,8,10H,7,13H2,1-2H3. The van der Waals surface area contributed by atoms with Gasteiger partial charge >= 0.3 is 0 Å².